The van der Waals surface area contributed by atoms with E-state index >= 15 is 0 Å². The fourth-order valence-corrected chi connectivity index (χ4v) is 3.66. The highest BCUT2D eigenvalue weighted by Crippen LogP contribution is 2.32. The molecule has 0 aliphatic heterocycles. The molecule has 0 bridgehead atoms. The third kappa shape index (κ3) is 4.34. The number of furan rings is 1. The molecule has 0 aliphatic rings. The third-order valence-corrected chi connectivity index (χ3v) is 5.24. The van der Waals surface area contributed by atoms with Gasteiger partial charge in [0.2, 0.25) is 0 Å². The van der Waals surface area contributed by atoms with E-state index in [1.807, 2.05) is 72.2 Å². The molecule has 8 heteroatoms. The molecule has 2 heterocycles. The van der Waals surface area contributed by atoms with Crippen LogP contribution in [0.15, 0.2) is 74.8 Å². The van der Waals surface area contributed by atoms with Crippen LogP contribution in [-0.2, 0) is 0 Å². The summed E-state index contributed by atoms with van der Waals surface area (Å²) < 4.78 is 13.8. The molecule has 0 saturated carbocycles. The van der Waals surface area contributed by atoms with Crippen LogP contribution in [0.4, 0.5) is 5.69 Å². The van der Waals surface area contributed by atoms with E-state index in [-0.39, 0.29) is 5.76 Å². The first-order valence-electron chi connectivity index (χ1n) is 9.52. The van der Waals surface area contributed by atoms with Gasteiger partial charge in [0.05, 0.1) is 19.0 Å². The number of ether oxygens (including phenoxy) is 1. The van der Waals surface area contributed by atoms with E-state index in [0.717, 1.165) is 26.9 Å². The van der Waals surface area contributed by atoms with E-state index < -0.39 is 5.91 Å². The van der Waals surface area contributed by atoms with E-state index in [4.69, 9.17) is 9.15 Å². The molecule has 0 unspecified atom stereocenters. The molecular weight excluding hydrogens is 460 g/mol. The van der Waals surface area contributed by atoms with Gasteiger partial charge in [-0.05, 0) is 54.6 Å². The van der Waals surface area contributed by atoms with Crippen LogP contribution in [0, 0.1) is 0 Å². The lowest BCUT2D eigenvalue weighted by Crippen LogP contribution is -2.17. The summed E-state index contributed by atoms with van der Waals surface area (Å²) in [5, 5.41) is 4.86. The molecule has 4 rings (SSSR count). The van der Waals surface area contributed by atoms with Gasteiger partial charge < -0.3 is 18.6 Å². The number of carbonyl (C=O) groups is 1. The number of amides is 1. The normalized spacial score (nSPS) is 11.2. The fraction of sp³-hybridized carbons (Fsp3) is 0.130. The number of hydrogen-bond acceptors (Lipinski definition) is 5. The molecular formula is C23H21BrN4O3. The second kappa shape index (κ2) is 8.69. The molecule has 0 spiro atoms. The molecule has 2 aromatic heterocycles. The summed E-state index contributed by atoms with van der Waals surface area (Å²) in [6.45, 7) is 0. The number of benzene rings is 2. The number of fused-ring (bicyclic) bond motifs is 1. The number of anilines is 1. The van der Waals surface area contributed by atoms with Crippen LogP contribution < -0.4 is 15.1 Å². The molecule has 0 saturated heterocycles. The maximum atomic E-state index is 12.5. The Morgan fingerprint density at radius 2 is 1.97 bits per heavy atom. The molecule has 4 aromatic rings. The van der Waals surface area contributed by atoms with E-state index in [0.29, 0.717) is 11.3 Å². The number of hydrogen-bond donors (Lipinski definition) is 1. The summed E-state index contributed by atoms with van der Waals surface area (Å²) in [4.78, 5) is 14.5. The quantitative estimate of drug-likeness (QED) is 0.317. The van der Waals surface area contributed by atoms with Crippen molar-refractivity contribution in [2.75, 3.05) is 26.1 Å². The summed E-state index contributed by atoms with van der Waals surface area (Å²) in [5.41, 5.74) is 5.97. The van der Waals surface area contributed by atoms with Gasteiger partial charge in [-0.15, -0.1) is 0 Å². The van der Waals surface area contributed by atoms with Gasteiger partial charge in [-0.1, -0.05) is 15.9 Å². The van der Waals surface area contributed by atoms with Crippen LogP contribution in [0.5, 0.6) is 5.75 Å². The molecule has 0 radical (unpaired) electrons. The van der Waals surface area contributed by atoms with Gasteiger partial charge in [-0.3, -0.25) is 4.79 Å². The average Bonchev–Trinajstić information content (AvgIpc) is 3.40. The Hall–Kier alpha value is -3.52. The summed E-state index contributed by atoms with van der Waals surface area (Å²) >= 11 is 3.42. The maximum Gasteiger partial charge on any atom is 0.307 e. The lowest BCUT2D eigenvalue weighted by molar-refractivity contribution is 0.0929. The first-order valence-corrected chi connectivity index (χ1v) is 10.3. The number of hydrazone groups is 1. The Bertz CT molecular complexity index is 1260. The first-order chi connectivity index (χ1) is 15.0. The zero-order valence-electron chi connectivity index (χ0n) is 17.3. The lowest BCUT2D eigenvalue weighted by Gasteiger charge is -2.13. The second-order valence-electron chi connectivity index (χ2n) is 7.05. The summed E-state index contributed by atoms with van der Waals surface area (Å²) in [5.74, 6) is 0.252. The molecule has 7 nitrogen and oxygen atoms in total. The SMILES string of the molecule is COc1cc(Br)cc2cc(C(=O)N/N=C\c3cccn3-c3ccc(N(C)C)cc3)oc12. The van der Waals surface area contributed by atoms with E-state index in [1.165, 1.54) is 0 Å². The molecule has 1 N–H and O–H groups in total. The highest BCUT2D eigenvalue weighted by molar-refractivity contribution is 9.10. The fourth-order valence-electron chi connectivity index (χ4n) is 3.21. The summed E-state index contributed by atoms with van der Waals surface area (Å²) in [6, 6.07) is 17.3. The number of nitrogens with one attached hydrogen (secondary N) is 1. The van der Waals surface area contributed by atoms with E-state index in [2.05, 4.69) is 26.5 Å². The van der Waals surface area contributed by atoms with Gasteiger partial charge in [-0.25, -0.2) is 5.43 Å². The Kier molecular flexibility index (Phi) is 5.81. The third-order valence-electron chi connectivity index (χ3n) is 4.78. The Morgan fingerprint density at radius 1 is 1.19 bits per heavy atom. The smallest absolute Gasteiger partial charge is 0.307 e. The van der Waals surface area contributed by atoms with Crippen LogP contribution in [0.3, 0.4) is 0 Å². The predicted octanol–water partition coefficient (Wildman–Crippen LogP) is 4.82. The molecule has 0 atom stereocenters. The second-order valence-corrected chi connectivity index (χ2v) is 7.97. The molecule has 2 aromatic carbocycles. The standard InChI is InChI=1S/C23H21BrN4O3/c1-27(2)17-6-8-18(9-7-17)28-10-4-5-19(28)14-25-26-23(29)21-12-15-11-16(24)13-20(30-3)22(15)31-21/h4-14H,1-3H3,(H,26,29)/b25-14-. The monoisotopic (exact) mass is 480 g/mol. The van der Waals surface area contributed by atoms with Crippen molar-refractivity contribution in [1.29, 1.82) is 0 Å². The van der Waals surface area contributed by atoms with Gasteiger partial charge in [-0.2, -0.15) is 5.10 Å². The number of rotatable bonds is 6. The Balaban J connectivity index is 1.50. The van der Waals surface area contributed by atoms with Crippen molar-refractivity contribution in [2.24, 2.45) is 5.10 Å². The number of carbonyl (C=O) groups excluding carboxylic acids is 1. The van der Waals surface area contributed by atoms with Crippen molar-refractivity contribution in [3.05, 3.63) is 76.7 Å². The van der Waals surface area contributed by atoms with Crippen LogP contribution in [0.1, 0.15) is 16.2 Å². The van der Waals surface area contributed by atoms with Gasteiger partial charge in [0.25, 0.3) is 0 Å². The molecule has 0 aliphatic carbocycles. The highest BCUT2D eigenvalue weighted by Gasteiger charge is 2.15. The Morgan fingerprint density at radius 3 is 2.68 bits per heavy atom. The first kappa shape index (κ1) is 20.7. The van der Waals surface area contributed by atoms with Crippen molar-refractivity contribution in [1.82, 2.24) is 9.99 Å². The van der Waals surface area contributed by atoms with Crippen molar-refractivity contribution in [3.8, 4) is 11.4 Å². The van der Waals surface area contributed by atoms with Gasteiger partial charge in [0, 0.05) is 41.5 Å². The highest BCUT2D eigenvalue weighted by atomic mass is 79.9. The summed E-state index contributed by atoms with van der Waals surface area (Å²) in [6.07, 6.45) is 3.54. The summed E-state index contributed by atoms with van der Waals surface area (Å²) in [7, 11) is 5.56. The average molecular weight is 481 g/mol. The van der Waals surface area contributed by atoms with Crippen molar-refractivity contribution in [3.63, 3.8) is 0 Å². The van der Waals surface area contributed by atoms with Crippen molar-refractivity contribution in [2.45, 2.75) is 0 Å². The van der Waals surface area contributed by atoms with Crippen molar-refractivity contribution >= 4 is 44.7 Å². The van der Waals surface area contributed by atoms with Gasteiger partial charge in [0.1, 0.15) is 0 Å². The number of methoxy groups -OCH3 is 1. The van der Waals surface area contributed by atoms with Crippen molar-refractivity contribution < 1.29 is 13.9 Å². The maximum absolute atomic E-state index is 12.5. The van der Waals surface area contributed by atoms with Crippen LogP contribution >= 0.6 is 15.9 Å². The molecule has 1 amide bonds. The van der Waals surface area contributed by atoms with Crippen LogP contribution in [0.2, 0.25) is 0 Å². The van der Waals surface area contributed by atoms with Crippen LogP contribution in [-0.4, -0.2) is 37.9 Å². The molecule has 0 fully saturated rings. The number of nitrogens with zero attached hydrogens (tertiary/aromatic N) is 3. The van der Waals surface area contributed by atoms with Gasteiger partial charge in [0.15, 0.2) is 17.1 Å². The zero-order valence-corrected chi connectivity index (χ0v) is 18.9. The van der Waals surface area contributed by atoms with E-state index in [1.54, 1.807) is 25.5 Å². The van der Waals surface area contributed by atoms with Gasteiger partial charge >= 0.3 is 5.91 Å². The minimum Gasteiger partial charge on any atom is -0.493 e. The van der Waals surface area contributed by atoms with E-state index in [9.17, 15) is 4.79 Å². The Labute approximate surface area is 188 Å². The predicted molar refractivity (Wildman–Crippen MR) is 126 cm³/mol. The largest absolute Gasteiger partial charge is 0.493 e. The number of aromatic nitrogens is 1. The molecule has 31 heavy (non-hydrogen) atoms. The topological polar surface area (TPSA) is 72.0 Å². The number of halogens is 1. The molecule has 158 valence electrons. The van der Waals surface area contributed by atoms with Crippen LogP contribution in [0.25, 0.3) is 16.7 Å². The minimum absolute atomic E-state index is 0.151. The lowest BCUT2D eigenvalue weighted by atomic mass is 10.2. The zero-order chi connectivity index (χ0) is 22.0. The minimum atomic E-state index is -0.445.